The van der Waals surface area contributed by atoms with Gasteiger partial charge in [-0.05, 0) is 6.42 Å². The Bertz CT molecular complexity index is 126. The molecule has 2 amide bonds. The monoisotopic (exact) mass is 145 g/mol. The molecule has 0 aliphatic heterocycles. The second-order valence-electron chi connectivity index (χ2n) is 1.66. The van der Waals surface area contributed by atoms with Gasteiger partial charge in [0.15, 0.2) is 0 Å². The Labute approximate surface area is 58.6 Å². The van der Waals surface area contributed by atoms with Crippen molar-refractivity contribution in [2.24, 2.45) is 0 Å². The summed E-state index contributed by atoms with van der Waals surface area (Å²) in [6.45, 7) is 2.17. The SMILES string of the molecule is CCCN([C]=O)NC(=O)O. The topological polar surface area (TPSA) is 69.6 Å². The van der Waals surface area contributed by atoms with Crippen molar-refractivity contribution in [1.82, 2.24) is 10.4 Å². The lowest BCUT2D eigenvalue weighted by Gasteiger charge is -2.12. The summed E-state index contributed by atoms with van der Waals surface area (Å²) < 4.78 is 0. The molecular formula is C5H9N2O3. The molecule has 0 saturated carbocycles. The number of hydrogen-bond acceptors (Lipinski definition) is 2. The molecule has 0 fully saturated rings. The average Bonchev–Trinajstić information content (AvgIpc) is 1.86. The summed E-state index contributed by atoms with van der Waals surface area (Å²) in [5.74, 6) is 0. The molecule has 0 rings (SSSR count). The van der Waals surface area contributed by atoms with E-state index in [-0.39, 0.29) is 0 Å². The van der Waals surface area contributed by atoms with Crippen LogP contribution in [0.3, 0.4) is 0 Å². The number of carboxylic acid groups (broad SMARTS) is 1. The Kier molecular flexibility index (Phi) is 4.02. The van der Waals surface area contributed by atoms with Crippen molar-refractivity contribution >= 4 is 12.5 Å². The largest absolute Gasteiger partial charge is 0.464 e. The van der Waals surface area contributed by atoms with Crippen LogP contribution in [0.5, 0.6) is 0 Å². The van der Waals surface area contributed by atoms with Gasteiger partial charge in [0, 0.05) is 6.54 Å². The van der Waals surface area contributed by atoms with E-state index in [4.69, 9.17) is 5.11 Å². The van der Waals surface area contributed by atoms with Crippen LogP contribution in [0.25, 0.3) is 0 Å². The van der Waals surface area contributed by atoms with E-state index in [1.165, 1.54) is 6.41 Å². The molecule has 0 aromatic rings. The zero-order chi connectivity index (χ0) is 7.98. The predicted octanol–water partition coefficient (Wildman–Crippen LogP) is -0.0518. The van der Waals surface area contributed by atoms with Crippen LogP contribution in [0.15, 0.2) is 0 Å². The third-order valence-electron chi connectivity index (χ3n) is 0.788. The quantitative estimate of drug-likeness (QED) is 0.430. The molecule has 10 heavy (non-hydrogen) atoms. The van der Waals surface area contributed by atoms with Gasteiger partial charge in [0.2, 0.25) is 0 Å². The predicted molar refractivity (Wildman–Crippen MR) is 33.9 cm³/mol. The molecule has 57 valence electrons. The molecule has 0 heterocycles. The van der Waals surface area contributed by atoms with Crippen LogP contribution >= 0.6 is 0 Å². The van der Waals surface area contributed by atoms with Gasteiger partial charge in [0.25, 0.3) is 0 Å². The summed E-state index contributed by atoms with van der Waals surface area (Å²) in [5, 5.41) is 8.96. The van der Waals surface area contributed by atoms with Gasteiger partial charge in [0.1, 0.15) is 0 Å². The Balaban J connectivity index is 3.59. The van der Waals surface area contributed by atoms with Crippen molar-refractivity contribution < 1.29 is 14.7 Å². The lowest BCUT2D eigenvalue weighted by molar-refractivity contribution is 0.167. The highest BCUT2D eigenvalue weighted by Crippen LogP contribution is 1.80. The molecule has 0 aromatic heterocycles. The molecule has 5 heteroatoms. The first-order valence-corrected chi connectivity index (χ1v) is 2.85. The molecule has 0 saturated heterocycles. The first kappa shape index (κ1) is 8.74. The fourth-order valence-corrected chi connectivity index (χ4v) is 0.463. The molecule has 0 aliphatic carbocycles. The summed E-state index contributed by atoms with van der Waals surface area (Å²) in [6, 6.07) is 0. The Morgan fingerprint density at radius 1 is 1.80 bits per heavy atom. The summed E-state index contributed by atoms with van der Waals surface area (Å²) >= 11 is 0. The van der Waals surface area contributed by atoms with Gasteiger partial charge in [-0.15, -0.1) is 0 Å². The second kappa shape index (κ2) is 4.60. The van der Waals surface area contributed by atoms with Crippen molar-refractivity contribution in [3.63, 3.8) is 0 Å². The van der Waals surface area contributed by atoms with E-state index >= 15 is 0 Å². The van der Waals surface area contributed by atoms with Gasteiger partial charge in [-0.25, -0.2) is 15.2 Å². The summed E-state index contributed by atoms with van der Waals surface area (Å²) in [5.41, 5.74) is 1.86. The molecule has 0 unspecified atom stereocenters. The standard InChI is InChI=1S/C5H9N2O3/c1-2-3-7(4-8)6-5(9)10/h6H,2-3H2,1H3,(H,9,10). The maximum absolute atomic E-state index is 9.91. The lowest BCUT2D eigenvalue weighted by atomic mass is 10.5. The van der Waals surface area contributed by atoms with Crippen molar-refractivity contribution in [2.45, 2.75) is 13.3 Å². The van der Waals surface area contributed by atoms with Crippen molar-refractivity contribution in [1.29, 1.82) is 0 Å². The fraction of sp³-hybridized carbons (Fsp3) is 0.600. The number of rotatable bonds is 4. The Morgan fingerprint density at radius 3 is 2.70 bits per heavy atom. The molecule has 5 nitrogen and oxygen atoms in total. The van der Waals surface area contributed by atoms with Gasteiger partial charge >= 0.3 is 12.5 Å². The van der Waals surface area contributed by atoms with Gasteiger partial charge < -0.3 is 5.11 Å². The molecule has 0 aromatic carbocycles. The maximum Gasteiger partial charge on any atom is 0.423 e. The van der Waals surface area contributed by atoms with E-state index in [0.717, 1.165) is 5.01 Å². The van der Waals surface area contributed by atoms with E-state index in [1.807, 2.05) is 12.3 Å². The number of amides is 2. The Morgan fingerprint density at radius 2 is 2.40 bits per heavy atom. The van der Waals surface area contributed by atoms with Crippen LogP contribution in [0, 0.1) is 0 Å². The van der Waals surface area contributed by atoms with E-state index < -0.39 is 6.09 Å². The normalized spacial score (nSPS) is 8.50. The number of carbonyl (C=O) groups is 1. The highest BCUT2D eigenvalue weighted by atomic mass is 16.4. The van der Waals surface area contributed by atoms with Crippen LogP contribution in [0.2, 0.25) is 0 Å². The molecule has 1 radical (unpaired) electrons. The van der Waals surface area contributed by atoms with Crippen LogP contribution < -0.4 is 5.43 Å². The zero-order valence-electron chi connectivity index (χ0n) is 5.63. The minimum atomic E-state index is -1.25. The van der Waals surface area contributed by atoms with Gasteiger partial charge in [-0.3, -0.25) is 4.79 Å². The first-order chi connectivity index (χ1) is 4.70. The van der Waals surface area contributed by atoms with E-state index in [9.17, 15) is 9.59 Å². The number of nitrogens with zero attached hydrogens (tertiary/aromatic N) is 1. The smallest absolute Gasteiger partial charge is 0.423 e. The second-order valence-corrected chi connectivity index (χ2v) is 1.66. The van der Waals surface area contributed by atoms with Crippen LogP contribution in [0.4, 0.5) is 4.79 Å². The molecular weight excluding hydrogens is 136 g/mol. The van der Waals surface area contributed by atoms with Crippen LogP contribution in [-0.2, 0) is 4.79 Å². The average molecular weight is 145 g/mol. The number of carbonyl (C=O) groups excluding carboxylic acids is 1. The van der Waals surface area contributed by atoms with Crippen LogP contribution in [-0.4, -0.2) is 29.2 Å². The van der Waals surface area contributed by atoms with Crippen molar-refractivity contribution in [3.8, 4) is 0 Å². The number of nitrogens with one attached hydrogen (secondary N) is 1. The molecule has 0 aliphatic rings. The van der Waals surface area contributed by atoms with E-state index in [0.29, 0.717) is 13.0 Å². The van der Waals surface area contributed by atoms with Crippen molar-refractivity contribution in [3.05, 3.63) is 0 Å². The fourth-order valence-electron chi connectivity index (χ4n) is 0.463. The minimum Gasteiger partial charge on any atom is -0.464 e. The molecule has 0 bridgehead atoms. The van der Waals surface area contributed by atoms with Gasteiger partial charge in [0.05, 0.1) is 0 Å². The summed E-state index contributed by atoms with van der Waals surface area (Å²) in [4.78, 5) is 19.8. The van der Waals surface area contributed by atoms with E-state index in [1.54, 1.807) is 0 Å². The van der Waals surface area contributed by atoms with Gasteiger partial charge in [-0.1, -0.05) is 6.92 Å². The van der Waals surface area contributed by atoms with Crippen molar-refractivity contribution in [2.75, 3.05) is 6.54 Å². The number of hydrogen-bond donors (Lipinski definition) is 2. The molecule has 2 N–H and O–H groups in total. The Hall–Kier alpha value is -1.26. The zero-order valence-corrected chi connectivity index (χ0v) is 5.63. The molecule has 0 spiro atoms. The van der Waals surface area contributed by atoms with E-state index in [2.05, 4.69) is 0 Å². The summed E-state index contributed by atoms with van der Waals surface area (Å²) in [6.07, 6.45) is 0.863. The number of hydrazine groups is 1. The van der Waals surface area contributed by atoms with Gasteiger partial charge in [-0.2, -0.15) is 0 Å². The highest BCUT2D eigenvalue weighted by molar-refractivity contribution is 5.66. The first-order valence-electron chi connectivity index (χ1n) is 2.85. The third-order valence-corrected chi connectivity index (χ3v) is 0.788. The molecule has 0 atom stereocenters. The lowest BCUT2D eigenvalue weighted by Crippen LogP contribution is -2.40. The highest BCUT2D eigenvalue weighted by Gasteiger charge is 2.02. The third kappa shape index (κ3) is 3.71. The maximum atomic E-state index is 9.91. The minimum absolute atomic E-state index is 0.343. The van der Waals surface area contributed by atoms with Crippen LogP contribution in [0.1, 0.15) is 13.3 Å². The summed E-state index contributed by atoms with van der Waals surface area (Å²) in [7, 11) is 0.